The molecular formula is C9H8FNaO5. The molecule has 0 aliphatic heterocycles. The van der Waals surface area contributed by atoms with Crippen molar-refractivity contribution in [3.05, 3.63) is 35.6 Å². The van der Waals surface area contributed by atoms with Gasteiger partial charge in [0, 0.05) is 5.56 Å². The minimum atomic E-state index is -1.85. The van der Waals surface area contributed by atoms with E-state index in [9.17, 15) is 14.0 Å². The second-order valence-electron chi connectivity index (χ2n) is 2.63. The van der Waals surface area contributed by atoms with E-state index in [0.29, 0.717) is 0 Å². The summed E-state index contributed by atoms with van der Waals surface area (Å²) in [5.41, 5.74) is -0.340. The Hall–Kier alpha value is -0.950. The molecule has 0 fully saturated rings. The van der Waals surface area contributed by atoms with Crippen LogP contribution in [0.15, 0.2) is 24.3 Å². The Balaban J connectivity index is 0. The normalized spacial score (nSPS) is 8.88. The number of hydrogen-bond acceptors (Lipinski definition) is 3. The summed E-state index contributed by atoms with van der Waals surface area (Å²) in [6.45, 7) is 0. The maximum atomic E-state index is 13.0. The fourth-order valence-corrected chi connectivity index (χ4v) is 1.08. The Bertz CT molecular complexity index is 368. The number of benzene rings is 1. The molecule has 0 bridgehead atoms. The van der Waals surface area contributed by atoms with Gasteiger partial charge in [-0.1, -0.05) is 18.2 Å². The van der Waals surface area contributed by atoms with Gasteiger partial charge in [0.15, 0.2) is 5.92 Å². The van der Waals surface area contributed by atoms with Crippen molar-refractivity contribution in [2.45, 2.75) is 5.92 Å². The average Bonchev–Trinajstić information content (AvgIpc) is 2.07. The third-order valence-electron chi connectivity index (χ3n) is 1.71. The van der Waals surface area contributed by atoms with Gasteiger partial charge in [-0.15, -0.1) is 0 Å². The maximum Gasteiger partial charge on any atom is 1.00 e. The molecule has 0 atom stereocenters. The Labute approximate surface area is 112 Å². The molecule has 0 amide bonds. The summed E-state index contributed by atoms with van der Waals surface area (Å²) in [6.07, 6.45) is 0. The minimum absolute atomic E-state index is 0. The van der Waals surface area contributed by atoms with Gasteiger partial charge in [0.25, 0.3) is 0 Å². The van der Waals surface area contributed by atoms with Crippen LogP contribution in [0.3, 0.4) is 0 Å². The van der Waals surface area contributed by atoms with Gasteiger partial charge >= 0.3 is 41.5 Å². The molecule has 3 N–H and O–H groups in total. The molecule has 0 heterocycles. The number of hydrogen-bond donors (Lipinski definition) is 2. The summed E-state index contributed by atoms with van der Waals surface area (Å²) in [5.74, 6) is -5.84. The monoisotopic (exact) mass is 238 g/mol. The molecule has 0 aliphatic carbocycles. The molecule has 7 heteroatoms. The first kappa shape index (κ1) is 17.4. The van der Waals surface area contributed by atoms with Crippen LogP contribution in [-0.4, -0.2) is 27.6 Å². The number of carbonyl (C=O) groups is 2. The molecule has 0 unspecified atom stereocenters. The Kier molecular flexibility index (Phi) is 8.01. The van der Waals surface area contributed by atoms with Gasteiger partial charge in [-0.2, -0.15) is 0 Å². The van der Waals surface area contributed by atoms with Crippen molar-refractivity contribution in [2.24, 2.45) is 0 Å². The summed E-state index contributed by atoms with van der Waals surface area (Å²) >= 11 is 0. The molecule has 0 saturated heterocycles. The predicted molar refractivity (Wildman–Crippen MR) is 46.3 cm³/mol. The van der Waals surface area contributed by atoms with Crippen molar-refractivity contribution >= 4 is 11.9 Å². The summed E-state index contributed by atoms with van der Waals surface area (Å²) in [7, 11) is 0. The number of aliphatic carboxylic acids is 2. The van der Waals surface area contributed by atoms with E-state index in [0.717, 1.165) is 12.1 Å². The first-order valence-electron chi connectivity index (χ1n) is 3.74. The second-order valence-corrected chi connectivity index (χ2v) is 2.63. The van der Waals surface area contributed by atoms with Crippen LogP contribution in [-0.2, 0) is 9.59 Å². The summed E-state index contributed by atoms with van der Waals surface area (Å²) in [4.78, 5) is 21.1. The van der Waals surface area contributed by atoms with Crippen LogP contribution in [0.1, 0.15) is 11.5 Å². The third-order valence-corrected chi connectivity index (χ3v) is 1.71. The molecular weight excluding hydrogens is 230 g/mol. The fourth-order valence-electron chi connectivity index (χ4n) is 1.08. The van der Waals surface area contributed by atoms with Crippen LogP contribution in [0.25, 0.3) is 0 Å². The minimum Gasteiger partial charge on any atom is -0.870 e. The van der Waals surface area contributed by atoms with E-state index in [2.05, 4.69) is 0 Å². The van der Waals surface area contributed by atoms with Crippen molar-refractivity contribution in [2.75, 3.05) is 0 Å². The molecule has 16 heavy (non-hydrogen) atoms. The van der Waals surface area contributed by atoms with Gasteiger partial charge in [-0.25, -0.2) is 4.39 Å². The molecule has 5 nitrogen and oxygen atoms in total. The molecule has 0 radical (unpaired) electrons. The summed E-state index contributed by atoms with van der Waals surface area (Å²) in [6, 6.07) is 4.91. The van der Waals surface area contributed by atoms with E-state index in [1.54, 1.807) is 0 Å². The summed E-state index contributed by atoms with van der Waals surface area (Å²) in [5, 5.41) is 17.1. The van der Waals surface area contributed by atoms with Crippen molar-refractivity contribution < 1.29 is 59.2 Å². The zero-order chi connectivity index (χ0) is 10.7. The standard InChI is InChI=1S/C9H7FO4.Na.H2O/c10-6-4-2-1-3-5(6)7(8(11)12)9(13)14;;/h1-4,7H,(H,11,12)(H,13,14);;1H2/q;+1;/p-1. The molecule has 0 aliphatic rings. The van der Waals surface area contributed by atoms with E-state index >= 15 is 0 Å². The number of halogens is 1. The molecule has 1 rings (SSSR count). The second kappa shape index (κ2) is 7.34. The van der Waals surface area contributed by atoms with Gasteiger partial charge in [-0.05, 0) is 6.07 Å². The van der Waals surface area contributed by atoms with Crippen molar-refractivity contribution in [1.82, 2.24) is 0 Å². The van der Waals surface area contributed by atoms with E-state index in [4.69, 9.17) is 10.2 Å². The Morgan fingerprint density at radius 1 is 1.12 bits per heavy atom. The van der Waals surface area contributed by atoms with Crippen molar-refractivity contribution in [3.63, 3.8) is 0 Å². The van der Waals surface area contributed by atoms with E-state index in [-0.39, 0.29) is 40.6 Å². The third kappa shape index (κ3) is 3.90. The van der Waals surface area contributed by atoms with Crippen LogP contribution in [0, 0.1) is 5.82 Å². The number of carboxylic acid groups (broad SMARTS) is 2. The zero-order valence-electron chi connectivity index (χ0n) is 8.42. The van der Waals surface area contributed by atoms with E-state index < -0.39 is 23.7 Å². The Morgan fingerprint density at radius 2 is 1.56 bits per heavy atom. The molecule has 1 aromatic carbocycles. The van der Waals surface area contributed by atoms with Crippen LogP contribution in [0.5, 0.6) is 0 Å². The number of rotatable bonds is 3. The van der Waals surface area contributed by atoms with Crippen LogP contribution < -0.4 is 29.6 Å². The smallest absolute Gasteiger partial charge is 0.870 e. The average molecular weight is 238 g/mol. The quantitative estimate of drug-likeness (QED) is 0.464. The largest absolute Gasteiger partial charge is 1.00 e. The SMILES string of the molecule is O=C(O)C(C(=O)O)c1ccccc1F.[Na+].[OH-]. The van der Waals surface area contributed by atoms with Crippen LogP contribution in [0.4, 0.5) is 4.39 Å². The first-order valence-corrected chi connectivity index (χ1v) is 3.74. The zero-order valence-corrected chi connectivity index (χ0v) is 10.4. The summed E-state index contributed by atoms with van der Waals surface area (Å²) < 4.78 is 13.0. The molecule has 0 spiro atoms. The predicted octanol–water partition coefficient (Wildman–Crippen LogP) is -2.09. The van der Waals surface area contributed by atoms with E-state index in [1.165, 1.54) is 12.1 Å². The molecule has 1 aromatic rings. The van der Waals surface area contributed by atoms with Crippen LogP contribution in [0.2, 0.25) is 0 Å². The Morgan fingerprint density at radius 3 is 1.94 bits per heavy atom. The van der Waals surface area contributed by atoms with Gasteiger partial charge < -0.3 is 15.7 Å². The molecule has 0 aromatic heterocycles. The van der Waals surface area contributed by atoms with Crippen molar-refractivity contribution in [1.29, 1.82) is 0 Å². The number of carboxylic acids is 2. The topological polar surface area (TPSA) is 105 Å². The van der Waals surface area contributed by atoms with Gasteiger partial charge in [0.1, 0.15) is 5.82 Å². The molecule has 82 valence electrons. The van der Waals surface area contributed by atoms with E-state index in [1.807, 2.05) is 0 Å². The van der Waals surface area contributed by atoms with Crippen LogP contribution >= 0.6 is 0 Å². The first-order chi connectivity index (χ1) is 6.54. The maximum absolute atomic E-state index is 13.0. The van der Waals surface area contributed by atoms with Gasteiger partial charge in [0.05, 0.1) is 0 Å². The van der Waals surface area contributed by atoms with Gasteiger partial charge in [0.2, 0.25) is 0 Å². The molecule has 0 saturated carbocycles. The fraction of sp³-hybridized carbons (Fsp3) is 0.111. The van der Waals surface area contributed by atoms with Gasteiger partial charge in [-0.3, -0.25) is 9.59 Å². The van der Waals surface area contributed by atoms with Crippen molar-refractivity contribution in [3.8, 4) is 0 Å².